The van der Waals surface area contributed by atoms with Crippen molar-refractivity contribution in [3.05, 3.63) is 53.6 Å². The molecule has 2 N–H and O–H groups in total. The van der Waals surface area contributed by atoms with Crippen LogP contribution in [0.15, 0.2) is 47.4 Å². The summed E-state index contributed by atoms with van der Waals surface area (Å²) in [4.78, 5) is 12.9. The highest BCUT2D eigenvalue weighted by molar-refractivity contribution is 7.89. The van der Waals surface area contributed by atoms with E-state index in [1.807, 2.05) is 0 Å². The van der Waals surface area contributed by atoms with Crippen LogP contribution in [0, 0.1) is 0 Å². The molecule has 162 valence electrons. The molecule has 2 aromatic rings. The Morgan fingerprint density at radius 1 is 1.00 bits per heavy atom. The number of sulfonamides is 1. The molecule has 0 saturated heterocycles. The van der Waals surface area contributed by atoms with Crippen LogP contribution in [0.5, 0.6) is 11.5 Å². The van der Waals surface area contributed by atoms with Gasteiger partial charge in [-0.15, -0.1) is 0 Å². The van der Waals surface area contributed by atoms with E-state index in [1.165, 1.54) is 14.2 Å². The molecule has 30 heavy (non-hydrogen) atoms. The van der Waals surface area contributed by atoms with Gasteiger partial charge in [0.2, 0.25) is 10.0 Å². The molecule has 1 saturated carbocycles. The van der Waals surface area contributed by atoms with Crippen LogP contribution in [0.4, 0.5) is 0 Å². The monoisotopic (exact) mass is 432 g/mol. The van der Waals surface area contributed by atoms with Crippen molar-refractivity contribution in [1.82, 2.24) is 10.0 Å². The lowest BCUT2D eigenvalue weighted by Crippen LogP contribution is -2.32. The number of carbonyl (C=O) groups excluding carboxylic acids is 1. The molecule has 0 heterocycles. The van der Waals surface area contributed by atoms with Crippen molar-refractivity contribution in [3.63, 3.8) is 0 Å². The molecule has 1 aliphatic rings. The first-order chi connectivity index (χ1) is 14.4. The average Bonchev–Trinajstić information content (AvgIpc) is 3.25. The zero-order valence-electron chi connectivity index (χ0n) is 17.3. The summed E-state index contributed by atoms with van der Waals surface area (Å²) in [5.74, 6) is 0.594. The summed E-state index contributed by atoms with van der Waals surface area (Å²) in [5.41, 5.74) is 1.28. The Hall–Kier alpha value is -2.58. The van der Waals surface area contributed by atoms with Crippen LogP contribution >= 0.6 is 0 Å². The molecule has 0 atom stereocenters. The molecule has 3 rings (SSSR count). The summed E-state index contributed by atoms with van der Waals surface area (Å²) in [6, 6.07) is 12.0. The molecule has 7 nitrogen and oxygen atoms in total. The maximum absolute atomic E-state index is 12.6. The summed E-state index contributed by atoms with van der Waals surface area (Å²) >= 11 is 0. The number of amides is 1. The third-order valence-corrected chi connectivity index (χ3v) is 6.80. The lowest BCUT2D eigenvalue weighted by molar-refractivity contribution is 0.0948. The Morgan fingerprint density at radius 3 is 2.17 bits per heavy atom. The predicted molar refractivity (Wildman–Crippen MR) is 115 cm³/mol. The predicted octanol–water partition coefficient (Wildman–Crippen LogP) is 2.90. The molecule has 0 aliphatic heterocycles. The van der Waals surface area contributed by atoms with Crippen LogP contribution in [0.2, 0.25) is 0 Å². The van der Waals surface area contributed by atoms with Gasteiger partial charge in [-0.05, 0) is 49.1 Å². The summed E-state index contributed by atoms with van der Waals surface area (Å²) < 4.78 is 38.3. The van der Waals surface area contributed by atoms with E-state index in [0.717, 1.165) is 31.2 Å². The van der Waals surface area contributed by atoms with Gasteiger partial charge in [-0.2, -0.15) is 0 Å². The van der Waals surface area contributed by atoms with Gasteiger partial charge in [-0.1, -0.05) is 31.0 Å². The number of nitrogens with one attached hydrogen (secondary N) is 2. The third-order valence-electron chi connectivity index (χ3n) is 5.26. The van der Waals surface area contributed by atoms with Crippen LogP contribution in [0.25, 0.3) is 0 Å². The maximum atomic E-state index is 12.6. The highest BCUT2D eigenvalue weighted by atomic mass is 32.2. The normalized spacial score (nSPS) is 14.5. The molecule has 0 bridgehead atoms. The summed E-state index contributed by atoms with van der Waals surface area (Å²) in [6.07, 6.45) is 4.50. The van der Waals surface area contributed by atoms with Gasteiger partial charge in [-0.3, -0.25) is 4.79 Å². The SMILES string of the molecule is COc1cccc(OC)c1C(=O)NCCc1ccc(S(=O)(=O)NC2CCCC2)cc1. The fraction of sp³-hybridized carbons (Fsp3) is 0.409. The molecular weight excluding hydrogens is 404 g/mol. The van der Waals surface area contributed by atoms with Crippen LogP contribution in [-0.4, -0.2) is 41.1 Å². The Balaban J connectivity index is 1.57. The van der Waals surface area contributed by atoms with Gasteiger partial charge in [0.1, 0.15) is 17.1 Å². The van der Waals surface area contributed by atoms with Crippen LogP contribution in [0.1, 0.15) is 41.6 Å². The number of methoxy groups -OCH3 is 2. The second kappa shape index (κ2) is 9.95. The molecule has 0 unspecified atom stereocenters. The van der Waals surface area contributed by atoms with Gasteiger partial charge < -0.3 is 14.8 Å². The standard InChI is InChI=1S/C22H28N2O5S/c1-28-19-8-5-9-20(29-2)21(19)22(25)23-15-14-16-10-12-18(13-11-16)30(26,27)24-17-6-3-4-7-17/h5,8-13,17,24H,3-4,6-7,14-15H2,1-2H3,(H,23,25). The summed E-state index contributed by atoms with van der Waals surface area (Å²) in [6.45, 7) is 0.395. The van der Waals surface area contributed by atoms with Crippen molar-refractivity contribution < 1.29 is 22.7 Å². The van der Waals surface area contributed by atoms with Gasteiger partial charge in [0, 0.05) is 12.6 Å². The number of ether oxygens (including phenoxy) is 2. The zero-order valence-corrected chi connectivity index (χ0v) is 18.1. The van der Waals surface area contributed by atoms with E-state index in [-0.39, 0.29) is 16.8 Å². The van der Waals surface area contributed by atoms with Crippen molar-refractivity contribution in [3.8, 4) is 11.5 Å². The minimum atomic E-state index is -3.49. The quantitative estimate of drug-likeness (QED) is 0.636. The smallest absolute Gasteiger partial charge is 0.258 e. The van der Waals surface area contributed by atoms with Crippen LogP contribution < -0.4 is 19.5 Å². The fourth-order valence-electron chi connectivity index (χ4n) is 3.65. The Labute approximate surface area is 177 Å². The second-order valence-corrected chi connectivity index (χ2v) is 9.00. The first kappa shape index (κ1) is 22.1. The van der Waals surface area contributed by atoms with Crippen molar-refractivity contribution in [2.24, 2.45) is 0 Å². The van der Waals surface area contributed by atoms with E-state index in [9.17, 15) is 13.2 Å². The molecule has 0 aromatic heterocycles. The maximum Gasteiger partial charge on any atom is 0.258 e. The molecule has 2 aromatic carbocycles. The van der Waals surface area contributed by atoms with E-state index in [4.69, 9.17) is 9.47 Å². The molecule has 0 spiro atoms. The Bertz CT molecular complexity index is 945. The largest absolute Gasteiger partial charge is 0.496 e. The number of hydrogen-bond acceptors (Lipinski definition) is 5. The molecule has 1 aliphatic carbocycles. The second-order valence-electron chi connectivity index (χ2n) is 7.29. The van der Waals surface area contributed by atoms with Crippen LogP contribution in [0.3, 0.4) is 0 Å². The van der Waals surface area contributed by atoms with E-state index in [0.29, 0.717) is 30.0 Å². The fourth-order valence-corrected chi connectivity index (χ4v) is 4.96. The molecular formula is C22H28N2O5S. The van der Waals surface area contributed by atoms with Crippen molar-refractivity contribution in [2.45, 2.75) is 43.0 Å². The van der Waals surface area contributed by atoms with Gasteiger partial charge in [0.05, 0.1) is 19.1 Å². The Kier molecular flexibility index (Phi) is 7.33. The van der Waals surface area contributed by atoms with Gasteiger partial charge in [0.25, 0.3) is 5.91 Å². The van der Waals surface area contributed by atoms with Crippen molar-refractivity contribution in [2.75, 3.05) is 20.8 Å². The first-order valence-corrected chi connectivity index (χ1v) is 11.5. The number of rotatable bonds is 9. The van der Waals surface area contributed by atoms with Crippen molar-refractivity contribution in [1.29, 1.82) is 0 Å². The van der Waals surface area contributed by atoms with Crippen molar-refractivity contribution >= 4 is 15.9 Å². The highest BCUT2D eigenvalue weighted by Gasteiger charge is 2.23. The first-order valence-electron chi connectivity index (χ1n) is 10.0. The molecule has 0 radical (unpaired) electrons. The highest BCUT2D eigenvalue weighted by Crippen LogP contribution is 2.28. The summed E-state index contributed by atoms with van der Waals surface area (Å²) in [7, 11) is -0.488. The number of carbonyl (C=O) groups is 1. The van der Waals surface area contributed by atoms with Crippen LogP contribution in [-0.2, 0) is 16.4 Å². The van der Waals surface area contributed by atoms with E-state index >= 15 is 0 Å². The van der Waals surface area contributed by atoms with E-state index in [2.05, 4.69) is 10.0 Å². The number of benzene rings is 2. The van der Waals surface area contributed by atoms with E-state index < -0.39 is 10.0 Å². The third kappa shape index (κ3) is 5.31. The van der Waals surface area contributed by atoms with Gasteiger partial charge in [0.15, 0.2) is 0 Å². The van der Waals surface area contributed by atoms with Gasteiger partial charge >= 0.3 is 0 Å². The minimum absolute atomic E-state index is 0.0388. The lowest BCUT2D eigenvalue weighted by atomic mass is 10.1. The topological polar surface area (TPSA) is 93.7 Å². The average molecular weight is 433 g/mol. The molecule has 1 fully saturated rings. The molecule has 8 heteroatoms. The number of hydrogen-bond donors (Lipinski definition) is 2. The minimum Gasteiger partial charge on any atom is -0.496 e. The zero-order chi connectivity index (χ0) is 21.6. The van der Waals surface area contributed by atoms with Gasteiger partial charge in [-0.25, -0.2) is 13.1 Å². The Morgan fingerprint density at radius 2 is 1.60 bits per heavy atom. The van der Waals surface area contributed by atoms with E-state index in [1.54, 1.807) is 42.5 Å². The summed E-state index contributed by atoms with van der Waals surface area (Å²) in [5, 5.41) is 2.86. The molecule has 1 amide bonds. The lowest BCUT2D eigenvalue weighted by Gasteiger charge is -2.14.